The molecule has 0 unspecified atom stereocenters. The minimum absolute atomic E-state index is 0.427. The number of para-hydroxylation sites is 1. The number of nitrogens with zero attached hydrogens (tertiary/aromatic N) is 2. The molecule has 0 radical (unpaired) electrons. The van der Waals surface area contributed by atoms with Crippen LogP contribution in [0.2, 0.25) is 0 Å². The molecule has 0 aliphatic carbocycles. The summed E-state index contributed by atoms with van der Waals surface area (Å²) in [6, 6.07) is 10.6. The van der Waals surface area contributed by atoms with Crippen molar-refractivity contribution in [2.24, 2.45) is 5.10 Å². The number of nitrogens with one attached hydrogen (secondary N) is 1. The summed E-state index contributed by atoms with van der Waals surface area (Å²) in [6.45, 7) is 0. The van der Waals surface area contributed by atoms with Crippen LogP contribution in [0.3, 0.4) is 0 Å². The lowest BCUT2D eigenvalue weighted by atomic mass is 10.2. The molecule has 0 bridgehead atoms. The molecule has 0 saturated heterocycles. The van der Waals surface area contributed by atoms with Crippen molar-refractivity contribution >= 4 is 44.4 Å². The molecular weight excluding hydrogens is 342 g/mol. The number of rotatable bonds is 2. The smallest absolute Gasteiger partial charge is 0.305 e. The largest absolute Gasteiger partial charge is 0.349 e. The summed E-state index contributed by atoms with van der Waals surface area (Å²) in [5, 5.41) is 4.39. The lowest BCUT2D eigenvalue weighted by molar-refractivity contribution is 0.771. The van der Waals surface area contributed by atoms with Gasteiger partial charge in [-0.2, -0.15) is 5.10 Å². The van der Waals surface area contributed by atoms with E-state index in [-0.39, 0.29) is 0 Å². The minimum Gasteiger partial charge on any atom is -0.305 e. The van der Waals surface area contributed by atoms with E-state index >= 15 is 0 Å². The monoisotopic (exact) mass is 349 g/mol. The highest BCUT2D eigenvalue weighted by Crippen LogP contribution is 2.20. The number of fused-ring (bicyclic) bond motifs is 1. The van der Waals surface area contributed by atoms with E-state index in [9.17, 15) is 9.59 Å². The number of H-pyrrole nitrogens is 1. The minimum atomic E-state index is -0.555. The van der Waals surface area contributed by atoms with Gasteiger partial charge in [0.2, 0.25) is 0 Å². The van der Waals surface area contributed by atoms with Gasteiger partial charge in [0.25, 0.3) is 5.56 Å². The standard InChI is InChI=1S/C13H8BrN3O2S/c14-11-6-5-8(20-11)7-15-17-12(18)9-3-1-2-4-10(9)16-13(17)19/h1-7H,(H,16,19). The van der Waals surface area contributed by atoms with Crippen LogP contribution in [0.4, 0.5) is 0 Å². The fourth-order valence-corrected chi connectivity index (χ4v) is 3.06. The van der Waals surface area contributed by atoms with Crippen molar-refractivity contribution < 1.29 is 0 Å². The first kappa shape index (κ1) is 13.0. The van der Waals surface area contributed by atoms with Gasteiger partial charge in [0, 0.05) is 4.88 Å². The van der Waals surface area contributed by atoms with Gasteiger partial charge < -0.3 is 4.98 Å². The Morgan fingerprint density at radius 2 is 2.00 bits per heavy atom. The first-order valence-corrected chi connectivity index (χ1v) is 7.30. The van der Waals surface area contributed by atoms with Crippen LogP contribution in [0, 0.1) is 0 Å². The van der Waals surface area contributed by atoms with Crippen molar-refractivity contribution in [3.8, 4) is 0 Å². The van der Waals surface area contributed by atoms with Gasteiger partial charge in [0.15, 0.2) is 0 Å². The zero-order valence-electron chi connectivity index (χ0n) is 10.0. The van der Waals surface area contributed by atoms with Crippen LogP contribution in [0.5, 0.6) is 0 Å². The molecule has 0 atom stereocenters. The summed E-state index contributed by atoms with van der Waals surface area (Å²) in [5.74, 6) is 0. The molecule has 100 valence electrons. The average molecular weight is 350 g/mol. The molecular formula is C13H8BrN3O2S. The zero-order valence-corrected chi connectivity index (χ0v) is 12.4. The first-order valence-electron chi connectivity index (χ1n) is 5.69. The van der Waals surface area contributed by atoms with Gasteiger partial charge in [-0.1, -0.05) is 12.1 Å². The Hall–Kier alpha value is -1.99. The molecule has 2 aromatic heterocycles. The van der Waals surface area contributed by atoms with E-state index < -0.39 is 11.2 Å². The predicted molar refractivity (Wildman–Crippen MR) is 83.8 cm³/mol. The second kappa shape index (κ2) is 5.18. The summed E-state index contributed by atoms with van der Waals surface area (Å²) in [6.07, 6.45) is 1.49. The number of benzene rings is 1. The van der Waals surface area contributed by atoms with Crippen LogP contribution in [-0.2, 0) is 0 Å². The Bertz CT molecular complexity index is 923. The molecule has 1 aromatic carbocycles. The van der Waals surface area contributed by atoms with Gasteiger partial charge in [-0.05, 0) is 40.2 Å². The molecule has 3 aromatic rings. The van der Waals surface area contributed by atoms with Crippen molar-refractivity contribution in [2.75, 3.05) is 0 Å². The first-order chi connectivity index (χ1) is 9.65. The third-order valence-electron chi connectivity index (χ3n) is 2.68. The number of halogens is 1. The summed E-state index contributed by atoms with van der Waals surface area (Å²) in [4.78, 5) is 27.5. The van der Waals surface area contributed by atoms with E-state index in [1.165, 1.54) is 17.6 Å². The van der Waals surface area contributed by atoms with E-state index in [4.69, 9.17) is 0 Å². The lowest BCUT2D eigenvalue weighted by Gasteiger charge is -1.99. The van der Waals surface area contributed by atoms with Crippen molar-refractivity contribution in [1.29, 1.82) is 0 Å². The number of aromatic amines is 1. The van der Waals surface area contributed by atoms with E-state index in [0.29, 0.717) is 10.9 Å². The van der Waals surface area contributed by atoms with E-state index in [0.717, 1.165) is 13.3 Å². The number of hydrogen-bond donors (Lipinski definition) is 1. The van der Waals surface area contributed by atoms with Crippen molar-refractivity contribution in [1.82, 2.24) is 9.66 Å². The van der Waals surface area contributed by atoms with Crippen LogP contribution in [-0.4, -0.2) is 15.9 Å². The van der Waals surface area contributed by atoms with Crippen LogP contribution >= 0.6 is 27.3 Å². The third kappa shape index (κ3) is 2.37. The highest BCUT2D eigenvalue weighted by atomic mass is 79.9. The van der Waals surface area contributed by atoms with Crippen LogP contribution in [0.1, 0.15) is 4.88 Å². The molecule has 1 N–H and O–H groups in total. The SMILES string of the molecule is O=c1[nH]c2ccccc2c(=O)n1N=Cc1ccc(Br)s1. The molecule has 0 amide bonds. The van der Waals surface area contributed by atoms with Crippen LogP contribution in [0.25, 0.3) is 10.9 Å². The predicted octanol–water partition coefficient (Wildman–Crippen LogP) is 2.40. The molecule has 0 fully saturated rings. The second-order valence-corrected chi connectivity index (χ2v) is 6.47. The van der Waals surface area contributed by atoms with Crippen molar-refractivity contribution in [2.45, 2.75) is 0 Å². The Morgan fingerprint density at radius 1 is 1.20 bits per heavy atom. The summed E-state index contributed by atoms with van der Waals surface area (Å²) in [7, 11) is 0. The second-order valence-electron chi connectivity index (χ2n) is 3.98. The molecule has 3 rings (SSSR count). The van der Waals surface area contributed by atoms with Gasteiger partial charge in [-0.15, -0.1) is 16.0 Å². The summed E-state index contributed by atoms with van der Waals surface area (Å²) in [5.41, 5.74) is -0.482. The molecule has 0 spiro atoms. The highest BCUT2D eigenvalue weighted by molar-refractivity contribution is 9.11. The summed E-state index contributed by atoms with van der Waals surface area (Å²) >= 11 is 4.80. The highest BCUT2D eigenvalue weighted by Gasteiger charge is 2.05. The summed E-state index contributed by atoms with van der Waals surface area (Å²) < 4.78 is 1.79. The molecule has 7 heteroatoms. The van der Waals surface area contributed by atoms with Gasteiger partial charge in [0.1, 0.15) is 0 Å². The van der Waals surface area contributed by atoms with Gasteiger partial charge in [0.05, 0.1) is 20.9 Å². The molecule has 20 heavy (non-hydrogen) atoms. The maximum Gasteiger partial charge on any atom is 0.349 e. The molecule has 5 nitrogen and oxygen atoms in total. The Morgan fingerprint density at radius 3 is 2.75 bits per heavy atom. The maximum absolute atomic E-state index is 12.2. The Labute approximate surface area is 125 Å². The molecule has 0 aliphatic rings. The van der Waals surface area contributed by atoms with Crippen molar-refractivity contribution in [3.63, 3.8) is 0 Å². The lowest BCUT2D eigenvalue weighted by Crippen LogP contribution is -2.32. The zero-order chi connectivity index (χ0) is 14.1. The van der Waals surface area contributed by atoms with E-state index in [1.54, 1.807) is 24.3 Å². The Balaban J connectivity index is 2.14. The Kier molecular flexibility index (Phi) is 3.37. The number of hydrogen-bond acceptors (Lipinski definition) is 4. The fraction of sp³-hybridized carbons (Fsp3) is 0. The molecule has 2 heterocycles. The van der Waals surface area contributed by atoms with E-state index in [2.05, 4.69) is 26.0 Å². The van der Waals surface area contributed by atoms with Gasteiger partial charge in [-0.3, -0.25) is 4.79 Å². The van der Waals surface area contributed by atoms with E-state index in [1.807, 2.05) is 12.1 Å². The molecule has 0 aliphatic heterocycles. The normalized spacial score (nSPS) is 11.4. The number of thiophene rings is 1. The van der Waals surface area contributed by atoms with Crippen LogP contribution in [0.15, 0.2) is 54.9 Å². The number of aromatic nitrogens is 2. The van der Waals surface area contributed by atoms with Crippen molar-refractivity contribution in [3.05, 3.63) is 65.9 Å². The maximum atomic E-state index is 12.2. The topological polar surface area (TPSA) is 67.2 Å². The van der Waals surface area contributed by atoms with Crippen LogP contribution < -0.4 is 11.2 Å². The quantitative estimate of drug-likeness (QED) is 0.721. The fourth-order valence-electron chi connectivity index (χ4n) is 1.77. The molecule has 0 saturated carbocycles. The van der Waals surface area contributed by atoms with Gasteiger partial charge >= 0.3 is 5.69 Å². The third-order valence-corrected chi connectivity index (χ3v) is 4.24. The van der Waals surface area contributed by atoms with Gasteiger partial charge in [-0.25, -0.2) is 4.79 Å². The average Bonchev–Trinajstić information content (AvgIpc) is 2.84.